The van der Waals surface area contributed by atoms with E-state index in [1.807, 2.05) is 30.9 Å². The van der Waals surface area contributed by atoms with Crippen molar-refractivity contribution in [2.75, 3.05) is 19.7 Å². The number of aliphatic hydroxyl groups excluding tert-OH is 1. The Morgan fingerprint density at radius 1 is 1.52 bits per heavy atom. The highest BCUT2D eigenvalue weighted by atomic mass is 16.3. The third kappa shape index (κ3) is 3.25. The van der Waals surface area contributed by atoms with Gasteiger partial charge in [0.05, 0.1) is 17.0 Å². The van der Waals surface area contributed by atoms with Crippen LogP contribution in [0.3, 0.4) is 0 Å². The number of nitriles is 1. The predicted molar refractivity (Wildman–Crippen MR) is 80.6 cm³/mol. The van der Waals surface area contributed by atoms with E-state index in [9.17, 15) is 9.90 Å². The van der Waals surface area contributed by atoms with Gasteiger partial charge in [-0.05, 0) is 50.3 Å². The van der Waals surface area contributed by atoms with Gasteiger partial charge in [-0.3, -0.25) is 4.79 Å². The number of benzene rings is 1. The van der Waals surface area contributed by atoms with Crippen LogP contribution in [-0.2, 0) is 10.2 Å². The Morgan fingerprint density at radius 3 is 2.95 bits per heavy atom. The smallest absolute Gasteiger partial charge is 0.232 e. The Hall–Kier alpha value is -1.86. The molecule has 1 aliphatic rings. The molecule has 0 radical (unpaired) electrons. The zero-order chi connectivity index (χ0) is 15.5. The molecule has 1 saturated heterocycles. The maximum Gasteiger partial charge on any atom is 0.232 e. The van der Waals surface area contributed by atoms with Crippen molar-refractivity contribution in [3.8, 4) is 6.07 Å². The monoisotopic (exact) mass is 286 g/mol. The van der Waals surface area contributed by atoms with Crippen LogP contribution < -0.4 is 0 Å². The second-order valence-electron chi connectivity index (χ2n) is 6.26. The van der Waals surface area contributed by atoms with Crippen molar-refractivity contribution in [2.24, 2.45) is 5.92 Å². The van der Waals surface area contributed by atoms with Crippen LogP contribution in [0, 0.1) is 17.2 Å². The number of piperidine rings is 1. The summed E-state index contributed by atoms with van der Waals surface area (Å²) < 4.78 is 0. The van der Waals surface area contributed by atoms with E-state index in [4.69, 9.17) is 5.26 Å². The molecule has 1 atom stereocenters. The van der Waals surface area contributed by atoms with Crippen molar-refractivity contribution in [1.29, 1.82) is 5.26 Å². The van der Waals surface area contributed by atoms with Gasteiger partial charge in [0.2, 0.25) is 5.91 Å². The van der Waals surface area contributed by atoms with Gasteiger partial charge < -0.3 is 10.0 Å². The lowest BCUT2D eigenvalue weighted by Gasteiger charge is -2.37. The molecule has 1 aromatic rings. The molecule has 0 spiro atoms. The van der Waals surface area contributed by atoms with E-state index >= 15 is 0 Å². The number of rotatable bonds is 3. The van der Waals surface area contributed by atoms with E-state index in [2.05, 4.69) is 6.07 Å². The number of nitrogens with zero attached hydrogens (tertiary/aromatic N) is 2. The van der Waals surface area contributed by atoms with E-state index in [1.165, 1.54) is 0 Å². The SMILES string of the molecule is CC(C)(C(=O)N1CCCC(CO)C1)c1cccc(C#N)c1. The molecule has 1 aromatic carbocycles. The molecule has 0 saturated carbocycles. The molecule has 1 N–H and O–H groups in total. The molecule has 4 heteroatoms. The Bertz CT molecular complexity index is 560. The maximum atomic E-state index is 12.8. The van der Waals surface area contributed by atoms with Crippen LogP contribution in [0.15, 0.2) is 24.3 Å². The van der Waals surface area contributed by atoms with Gasteiger partial charge in [-0.25, -0.2) is 0 Å². The summed E-state index contributed by atoms with van der Waals surface area (Å²) in [7, 11) is 0. The third-order valence-electron chi connectivity index (χ3n) is 4.31. The van der Waals surface area contributed by atoms with Gasteiger partial charge in [0.15, 0.2) is 0 Å². The fraction of sp³-hybridized carbons (Fsp3) is 0.529. The lowest BCUT2D eigenvalue weighted by Crippen LogP contribution is -2.48. The van der Waals surface area contributed by atoms with E-state index in [-0.39, 0.29) is 18.4 Å². The standard InChI is InChI=1S/C17H22N2O2/c1-17(2,15-7-3-5-13(9-15)10-18)16(21)19-8-4-6-14(11-19)12-20/h3,5,7,9,14,20H,4,6,8,11-12H2,1-2H3. The lowest BCUT2D eigenvalue weighted by atomic mass is 9.81. The summed E-state index contributed by atoms with van der Waals surface area (Å²) in [6.07, 6.45) is 1.91. The van der Waals surface area contributed by atoms with Crippen LogP contribution in [0.25, 0.3) is 0 Å². The quantitative estimate of drug-likeness (QED) is 0.925. The van der Waals surface area contributed by atoms with Gasteiger partial charge in [-0.2, -0.15) is 5.26 Å². The molecule has 4 nitrogen and oxygen atoms in total. The van der Waals surface area contributed by atoms with Gasteiger partial charge in [0.25, 0.3) is 0 Å². The normalized spacial score (nSPS) is 19.1. The summed E-state index contributed by atoms with van der Waals surface area (Å²) in [4.78, 5) is 14.7. The van der Waals surface area contributed by atoms with Crippen molar-refractivity contribution in [1.82, 2.24) is 4.90 Å². The molecule has 0 aliphatic carbocycles. The third-order valence-corrected chi connectivity index (χ3v) is 4.31. The Labute approximate surface area is 126 Å². The first-order valence-corrected chi connectivity index (χ1v) is 7.40. The van der Waals surface area contributed by atoms with Crippen molar-refractivity contribution < 1.29 is 9.90 Å². The second kappa shape index (κ2) is 6.28. The molecule has 1 heterocycles. The summed E-state index contributed by atoms with van der Waals surface area (Å²) >= 11 is 0. The van der Waals surface area contributed by atoms with E-state index < -0.39 is 5.41 Å². The number of carbonyl (C=O) groups is 1. The molecule has 112 valence electrons. The van der Waals surface area contributed by atoms with Gasteiger partial charge >= 0.3 is 0 Å². The van der Waals surface area contributed by atoms with Crippen LogP contribution in [0.2, 0.25) is 0 Å². The van der Waals surface area contributed by atoms with Gasteiger partial charge in [0, 0.05) is 19.7 Å². The predicted octanol–water partition coefficient (Wildman–Crippen LogP) is 2.07. The number of amides is 1. The largest absolute Gasteiger partial charge is 0.396 e. The first-order valence-electron chi connectivity index (χ1n) is 7.40. The molecule has 1 amide bonds. The van der Waals surface area contributed by atoms with Crippen molar-refractivity contribution in [2.45, 2.75) is 32.1 Å². The molecule has 21 heavy (non-hydrogen) atoms. The number of carbonyl (C=O) groups excluding carboxylic acids is 1. The molecular formula is C17H22N2O2. The summed E-state index contributed by atoms with van der Waals surface area (Å²) in [5, 5.41) is 18.3. The minimum Gasteiger partial charge on any atom is -0.396 e. The molecule has 1 unspecified atom stereocenters. The summed E-state index contributed by atoms with van der Waals surface area (Å²) in [5.41, 5.74) is 0.766. The van der Waals surface area contributed by atoms with Crippen molar-refractivity contribution in [3.05, 3.63) is 35.4 Å². The Balaban J connectivity index is 2.21. The fourth-order valence-corrected chi connectivity index (χ4v) is 2.89. The first-order chi connectivity index (χ1) is 9.98. The van der Waals surface area contributed by atoms with Gasteiger partial charge in [-0.15, -0.1) is 0 Å². The molecule has 1 fully saturated rings. The highest BCUT2D eigenvalue weighted by molar-refractivity contribution is 5.87. The molecule has 0 bridgehead atoms. The molecule has 2 rings (SSSR count). The number of hydrogen-bond acceptors (Lipinski definition) is 3. The fourth-order valence-electron chi connectivity index (χ4n) is 2.89. The Kier molecular flexibility index (Phi) is 4.64. The molecule has 1 aliphatic heterocycles. The zero-order valence-corrected chi connectivity index (χ0v) is 12.7. The molecular weight excluding hydrogens is 264 g/mol. The number of aliphatic hydroxyl groups is 1. The maximum absolute atomic E-state index is 12.8. The van der Waals surface area contributed by atoms with Crippen LogP contribution in [0.4, 0.5) is 0 Å². The Morgan fingerprint density at radius 2 is 2.29 bits per heavy atom. The minimum absolute atomic E-state index is 0.0655. The lowest BCUT2D eigenvalue weighted by molar-refractivity contribution is -0.138. The average molecular weight is 286 g/mol. The van der Waals surface area contributed by atoms with Crippen LogP contribution in [0.1, 0.15) is 37.8 Å². The highest BCUT2D eigenvalue weighted by Gasteiger charge is 2.35. The number of hydrogen-bond donors (Lipinski definition) is 1. The summed E-state index contributed by atoms with van der Waals surface area (Å²) in [6.45, 7) is 5.30. The first kappa shape index (κ1) is 15.5. The summed E-state index contributed by atoms with van der Waals surface area (Å²) in [5.74, 6) is 0.250. The highest BCUT2D eigenvalue weighted by Crippen LogP contribution is 2.28. The molecule has 0 aromatic heterocycles. The van der Waals surface area contributed by atoms with Crippen LogP contribution >= 0.6 is 0 Å². The average Bonchev–Trinajstić information content (AvgIpc) is 2.54. The zero-order valence-electron chi connectivity index (χ0n) is 12.7. The van der Waals surface area contributed by atoms with Gasteiger partial charge in [0.1, 0.15) is 0 Å². The number of likely N-dealkylation sites (tertiary alicyclic amines) is 1. The van der Waals surface area contributed by atoms with E-state index in [0.717, 1.165) is 24.9 Å². The van der Waals surface area contributed by atoms with Crippen LogP contribution in [-0.4, -0.2) is 35.6 Å². The van der Waals surface area contributed by atoms with Crippen LogP contribution in [0.5, 0.6) is 0 Å². The van der Waals surface area contributed by atoms with Crippen molar-refractivity contribution in [3.63, 3.8) is 0 Å². The van der Waals surface area contributed by atoms with E-state index in [1.54, 1.807) is 12.1 Å². The summed E-state index contributed by atoms with van der Waals surface area (Å²) in [6, 6.07) is 9.35. The minimum atomic E-state index is -0.662. The second-order valence-corrected chi connectivity index (χ2v) is 6.26. The van der Waals surface area contributed by atoms with Gasteiger partial charge in [-0.1, -0.05) is 12.1 Å². The van der Waals surface area contributed by atoms with E-state index in [0.29, 0.717) is 12.1 Å². The topological polar surface area (TPSA) is 64.3 Å². The van der Waals surface area contributed by atoms with Crippen molar-refractivity contribution >= 4 is 5.91 Å².